The van der Waals surface area contributed by atoms with Crippen LogP contribution in [0.4, 0.5) is 11.8 Å². The first-order chi connectivity index (χ1) is 16.0. The zero-order valence-corrected chi connectivity index (χ0v) is 20.9. The number of thiocarbonyl (C=S) groups is 2. The van der Waals surface area contributed by atoms with Gasteiger partial charge in [-0.3, -0.25) is 4.57 Å². The molecule has 2 heterocycles. The molecule has 0 aliphatic heterocycles. The van der Waals surface area contributed by atoms with Crippen LogP contribution in [0.15, 0.2) is 6.33 Å². The first-order valence-corrected chi connectivity index (χ1v) is 11.7. The van der Waals surface area contributed by atoms with Crippen LogP contribution < -0.4 is 11.1 Å². The predicted molar refractivity (Wildman–Crippen MR) is 133 cm³/mol. The van der Waals surface area contributed by atoms with Gasteiger partial charge >= 0.3 is 10.5 Å². The van der Waals surface area contributed by atoms with Crippen LogP contribution >= 0.6 is 24.4 Å². The summed E-state index contributed by atoms with van der Waals surface area (Å²) in [5.74, 6) is 0.570. The summed E-state index contributed by atoms with van der Waals surface area (Å²) in [6.45, 7) is 5.74. The van der Waals surface area contributed by atoms with E-state index in [4.69, 9.17) is 53.9 Å². The molecule has 0 aromatic carbocycles. The lowest BCUT2D eigenvalue weighted by Crippen LogP contribution is -2.22. The van der Waals surface area contributed by atoms with Crippen molar-refractivity contribution in [1.82, 2.24) is 19.5 Å². The highest BCUT2D eigenvalue weighted by molar-refractivity contribution is 7.79. The number of rotatable bonds is 14. The van der Waals surface area contributed by atoms with E-state index in [0.29, 0.717) is 43.2 Å². The minimum Gasteiger partial charge on any atom is -0.457 e. The molecule has 0 spiro atoms. The summed E-state index contributed by atoms with van der Waals surface area (Å²) in [7, 11) is 1.72. The lowest BCUT2D eigenvalue weighted by molar-refractivity contribution is -0.151. The van der Waals surface area contributed by atoms with E-state index >= 15 is 0 Å². The Morgan fingerprint density at radius 1 is 1.00 bits per heavy atom. The molecule has 0 amide bonds. The van der Waals surface area contributed by atoms with Gasteiger partial charge in [0, 0.05) is 37.9 Å². The van der Waals surface area contributed by atoms with Crippen LogP contribution in [-0.4, -0.2) is 63.5 Å². The summed E-state index contributed by atoms with van der Waals surface area (Å²) in [5, 5.41) is 3.05. The van der Waals surface area contributed by atoms with Crippen LogP contribution in [0, 0.1) is 0 Å². The molecule has 2 rings (SSSR count). The summed E-state index contributed by atoms with van der Waals surface area (Å²) in [6, 6.07) is 0. The van der Waals surface area contributed by atoms with Crippen molar-refractivity contribution >= 4 is 57.8 Å². The molecule has 3 N–H and O–H groups in total. The number of nitrogens with zero attached hydrogens (tertiary/aromatic N) is 4. The molecule has 1 unspecified atom stereocenters. The van der Waals surface area contributed by atoms with Gasteiger partial charge in [0.15, 0.2) is 17.0 Å². The standard InChI is InChI=1S/C20H32N6O5S2/c1-4-6-9-28-19(32)29-12-8-11-27-18(31-20(33)30-10-7-5-2)26-13-23-14-15(22-3)24-17(21)25-16(14)26/h13,18H,4-12H2,1-3H3,(H3,21,22,24,25). The maximum Gasteiger partial charge on any atom is 0.356 e. The van der Waals surface area contributed by atoms with E-state index in [9.17, 15) is 0 Å². The smallest absolute Gasteiger partial charge is 0.356 e. The second-order valence-corrected chi connectivity index (χ2v) is 7.57. The highest BCUT2D eigenvalue weighted by Crippen LogP contribution is 2.24. The molecular weight excluding hydrogens is 468 g/mol. The Labute approximate surface area is 204 Å². The average Bonchev–Trinajstić information content (AvgIpc) is 3.21. The lowest BCUT2D eigenvalue weighted by Gasteiger charge is -2.21. The van der Waals surface area contributed by atoms with Crippen LogP contribution in [-0.2, 0) is 23.7 Å². The fourth-order valence-electron chi connectivity index (χ4n) is 2.59. The maximum atomic E-state index is 5.91. The van der Waals surface area contributed by atoms with Gasteiger partial charge in [-0.05, 0) is 12.8 Å². The van der Waals surface area contributed by atoms with Gasteiger partial charge in [0.25, 0.3) is 6.41 Å². The van der Waals surface area contributed by atoms with Gasteiger partial charge in [-0.2, -0.15) is 9.97 Å². The van der Waals surface area contributed by atoms with Crippen molar-refractivity contribution in [2.24, 2.45) is 0 Å². The Bertz CT molecular complexity index is 897. The minimum absolute atomic E-state index is 0.0343. The van der Waals surface area contributed by atoms with E-state index in [0.717, 1.165) is 25.7 Å². The van der Waals surface area contributed by atoms with E-state index in [1.165, 1.54) is 6.33 Å². The number of unbranched alkanes of at least 4 members (excludes halogenated alkanes) is 2. The number of nitrogens with two attached hydrogens (primary N) is 1. The van der Waals surface area contributed by atoms with Crippen LogP contribution in [0.1, 0.15) is 52.4 Å². The summed E-state index contributed by atoms with van der Waals surface area (Å²) in [5.41, 5.74) is 6.79. The molecule has 0 aliphatic carbocycles. The molecule has 0 saturated heterocycles. The van der Waals surface area contributed by atoms with E-state index < -0.39 is 6.41 Å². The first kappa shape index (κ1) is 26.7. The minimum atomic E-state index is -0.976. The topological polar surface area (TPSA) is 128 Å². The van der Waals surface area contributed by atoms with Crippen LogP contribution in [0.3, 0.4) is 0 Å². The lowest BCUT2D eigenvalue weighted by atomic mass is 10.4. The number of nitrogen functional groups attached to an aromatic ring is 1. The molecule has 1 atom stereocenters. The number of imidazole rings is 1. The molecule has 0 radical (unpaired) electrons. The SMILES string of the molecule is CCCCOC(=S)OCCCOC(OC(=S)OCCCC)n1cnc2c(NC)nc(N)nc21. The Balaban J connectivity index is 2.02. The number of anilines is 2. The third-order valence-electron chi connectivity index (χ3n) is 4.30. The van der Waals surface area contributed by atoms with Crippen LogP contribution in [0.5, 0.6) is 0 Å². The summed E-state index contributed by atoms with van der Waals surface area (Å²) in [6.07, 6.45) is 4.86. The third-order valence-corrected chi connectivity index (χ3v) is 4.75. The highest BCUT2D eigenvalue weighted by Gasteiger charge is 2.21. The summed E-state index contributed by atoms with van der Waals surface area (Å²) >= 11 is 10.3. The Hall–Kier alpha value is -2.51. The van der Waals surface area contributed by atoms with Gasteiger partial charge < -0.3 is 34.7 Å². The van der Waals surface area contributed by atoms with E-state index in [2.05, 4.69) is 34.1 Å². The van der Waals surface area contributed by atoms with Crippen LogP contribution in [0.25, 0.3) is 11.2 Å². The molecule has 0 aliphatic rings. The summed E-state index contributed by atoms with van der Waals surface area (Å²) in [4.78, 5) is 12.8. The van der Waals surface area contributed by atoms with Crippen molar-refractivity contribution in [3.63, 3.8) is 0 Å². The molecule has 0 fully saturated rings. The van der Waals surface area contributed by atoms with Gasteiger partial charge in [0.2, 0.25) is 5.95 Å². The number of hydrogen-bond donors (Lipinski definition) is 2. The normalized spacial score (nSPS) is 11.7. The zero-order valence-electron chi connectivity index (χ0n) is 19.2. The fourth-order valence-corrected chi connectivity index (χ4v) is 2.92. The summed E-state index contributed by atoms with van der Waals surface area (Å²) < 4.78 is 29.4. The Morgan fingerprint density at radius 3 is 2.27 bits per heavy atom. The van der Waals surface area contributed by atoms with Gasteiger partial charge in [-0.1, -0.05) is 26.7 Å². The molecule has 2 aromatic heterocycles. The average molecular weight is 501 g/mol. The molecule has 2 aromatic rings. The molecule has 11 nitrogen and oxygen atoms in total. The Kier molecular flexibility index (Phi) is 11.8. The number of nitrogens with one attached hydrogen (secondary N) is 1. The van der Waals surface area contributed by atoms with Crippen molar-refractivity contribution < 1.29 is 23.7 Å². The zero-order chi connectivity index (χ0) is 24.1. The molecule has 33 heavy (non-hydrogen) atoms. The maximum absolute atomic E-state index is 5.91. The largest absolute Gasteiger partial charge is 0.457 e. The molecule has 184 valence electrons. The van der Waals surface area contributed by atoms with E-state index in [-0.39, 0.29) is 23.0 Å². The number of ether oxygens (including phenoxy) is 5. The van der Waals surface area contributed by atoms with Gasteiger partial charge in [0.1, 0.15) is 6.33 Å². The van der Waals surface area contributed by atoms with Crippen molar-refractivity contribution in [2.75, 3.05) is 44.5 Å². The molecule has 13 heteroatoms. The van der Waals surface area contributed by atoms with E-state index in [1.807, 2.05) is 0 Å². The van der Waals surface area contributed by atoms with Crippen molar-refractivity contribution in [1.29, 1.82) is 0 Å². The van der Waals surface area contributed by atoms with E-state index in [1.54, 1.807) is 11.6 Å². The van der Waals surface area contributed by atoms with Gasteiger partial charge in [-0.15, -0.1) is 0 Å². The molecule has 0 saturated carbocycles. The molecular formula is C20H32N6O5S2. The first-order valence-electron chi connectivity index (χ1n) is 10.9. The second kappa shape index (κ2) is 14.6. The number of hydrogen-bond acceptors (Lipinski definition) is 12. The van der Waals surface area contributed by atoms with Crippen LogP contribution in [0.2, 0.25) is 0 Å². The van der Waals surface area contributed by atoms with Gasteiger partial charge in [0.05, 0.1) is 26.4 Å². The Morgan fingerprint density at radius 2 is 1.64 bits per heavy atom. The van der Waals surface area contributed by atoms with Crippen molar-refractivity contribution in [2.45, 2.75) is 52.4 Å². The fraction of sp³-hybridized carbons (Fsp3) is 0.650. The molecule has 0 bridgehead atoms. The van der Waals surface area contributed by atoms with Crippen molar-refractivity contribution in [3.05, 3.63) is 6.33 Å². The number of aromatic nitrogens is 4. The second-order valence-electron chi connectivity index (χ2n) is 6.91. The third kappa shape index (κ3) is 8.74. The number of fused-ring (bicyclic) bond motifs is 1. The predicted octanol–water partition coefficient (Wildman–Crippen LogP) is 3.55. The monoisotopic (exact) mass is 500 g/mol. The quantitative estimate of drug-likeness (QED) is 0.224. The highest BCUT2D eigenvalue weighted by atomic mass is 32.1. The van der Waals surface area contributed by atoms with Gasteiger partial charge in [-0.25, -0.2) is 4.98 Å². The van der Waals surface area contributed by atoms with Crippen molar-refractivity contribution in [3.8, 4) is 0 Å².